The molecule has 0 radical (unpaired) electrons. The number of aliphatic hydroxyl groups is 1. The second kappa shape index (κ2) is 5.99. The Balaban J connectivity index is 2.20. The highest BCUT2D eigenvalue weighted by Gasteiger charge is 2.08. The van der Waals surface area contributed by atoms with Gasteiger partial charge in [-0.25, -0.2) is 0 Å². The molecule has 0 amide bonds. The van der Waals surface area contributed by atoms with E-state index in [4.69, 9.17) is 0 Å². The highest BCUT2D eigenvalue weighted by Crippen LogP contribution is 2.10. The fraction of sp³-hybridized carbons (Fsp3) is 0.400. The van der Waals surface area contributed by atoms with Crippen molar-refractivity contribution in [1.82, 2.24) is 9.88 Å². The average molecular weight is 260 g/mol. The summed E-state index contributed by atoms with van der Waals surface area (Å²) >= 11 is 0. The van der Waals surface area contributed by atoms with Crippen molar-refractivity contribution in [2.24, 2.45) is 0 Å². The molecule has 0 fully saturated rings. The fourth-order valence-electron chi connectivity index (χ4n) is 2.11. The first-order valence-corrected chi connectivity index (χ1v) is 6.61. The molecule has 0 aliphatic rings. The standard InChI is InChI=1S/C15H20N2O2/c1-11(18)7-9-16-12(2)17-10-8-13-5-3-4-6-14(13)15(17)19/h3-6,8,10-12,16,18H,7,9H2,1-2H3/t11-,12?/m0/s1. The van der Waals surface area contributed by atoms with E-state index in [0.29, 0.717) is 13.0 Å². The summed E-state index contributed by atoms with van der Waals surface area (Å²) in [5, 5.41) is 14.2. The Morgan fingerprint density at radius 2 is 2.00 bits per heavy atom. The van der Waals surface area contributed by atoms with Crippen LogP contribution in [-0.4, -0.2) is 22.3 Å². The number of aromatic nitrogens is 1. The topological polar surface area (TPSA) is 54.3 Å². The molecule has 4 nitrogen and oxygen atoms in total. The second-order valence-corrected chi connectivity index (χ2v) is 4.88. The predicted molar refractivity (Wildman–Crippen MR) is 77.2 cm³/mol. The molecule has 0 bridgehead atoms. The lowest BCUT2D eigenvalue weighted by atomic mass is 10.2. The van der Waals surface area contributed by atoms with Gasteiger partial charge in [-0.3, -0.25) is 14.7 Å². The Labute approximate surface area is 112 Å². The van der Waals surface area contributed by atoms with E-state index in [-0.39, 0.29) is 17.8 Å². The van der Waals surface area contributed by atoms with Crippen LogP contribution in [0, 0.1) is 0 Å². The van der Waals surface area contributed by atoms with Crippen molar-refractivity contribution < 1.29 is 5.11 Å². The lowest BCUT2D eigenvalue weighted by molar-refractivity contribution is 0.180. The Bertz CT molecular complexity index is 604. The number of aliphatic hydroxyl groups excluding tert-OH is 1. The van der Waals surface area contributed by atoms with Crippen LogP contribution in [0.5, 0.6) is 0 Å². The van der Waals surface area contributed by atoms with Gasteiger partial charge in [-0.15, -0.1) is 0 Å². The van der Waals surface area contributed by atoms with E-state index in [1.54, 1.807) is 11.5 Å². The van der Waals surface area contributed by atoms with Crippen molar-refractivity contribution in [3.63, 3.8) is 0 Å². The summed E-state index contributed by atoms with van der Waals surface area (Å²) in [6.45, 7) is 4.38. The predicted octanol–water partition coefficient (Wildman–Crippen LogP) is 1.88. The van der Waals surface area contributed by atoms with E-state index in [2.05, 4.69) is 5.32 Å². The molecule has 2 N–H and O–H groups in total. The van der Waals surface area contributed by atoms with Gasteiger partial charge in [0.2, 0.25) is 0 Å². The van der Waals surface area contributed by atoms with Gasteiger partial charge in [0.15, 0.2) is 0 Å². The average Bonchev–Trinajstić information content (AvgIpc) is 2.39. The fourth-order valence-corrected chi connectivity index (χ4v) is 2.11. The third-order valence-electron chi connectivity index (χ3n) is 3.26. The molecule has 2 atom stereocenters. The Morgan fingerprint density at radius 1 is 1.26 bits per heavy atom. The maximum Gasteiger partial charge on any atom is 0.259 e. The van der Waals surface area contributed by atoms with E-state index >= 15 is 0 Å². The summed E-state index contributed by atoms with van der Waals surface area (Å²) in [6.07, 6.45) is 2.07. The minimum Gasteiger partial charge on any atom is -0.393 e. The van der Waals surface area contributed by atoms with Gasteiger partial charge in [-0.1, -0.05) is 18.2 Å². The number of pyridine rings is 1. The van der Waals surface area contributed by atoms with Crippen LogP contribution in [0.15, 0.2) is 41.3 Å². The molecule has 0 spiro atoms. The van der Waals surface area contributed by atoms with Crippen molar-refractivity contribution in [2.75, 3.05) is 6.54 Å². The molecule has 0 saturated carbocycles. The molecule has 102 valence electrons. The minimum absolute atomic E-state index is 0.00940. The third kappa shape index (κ3) is 3.22. The quantitative estimate of drug-likeness (QED) is 0.863. The van der Waals surface area contributed by atoms with Crippen LogP contribution in [-0.2, 0) is 0 Å². The van der Waals surface area contributed by atoms with Gasteiger partial charge >= 0.3 is 0 Å². The number of nitrogens with one attached hydrogen (secondary N) is 1. The van der Waals surface area contributed by atoms with Crippen LogP contribution in [0.4, 0.5) is 0 Å². The maximum absolute atomic E-state index is 12.3. The van der Waals surface area contributed by atoms with Crippen LogP contribution in [0.2, 0.25) is 0 Å². The van der Waals surface area contributed by atoms with Crippen LogP contribution in [0.3, 0.4) is 0 Å². The summed E-state index contributed by atoms with van der Waals surface area (Å²) in [7, 11) is 0. The molecule has 0 aliphatic heterocycles. The summed E-state index contributed by atoms with van der Waals surface area (Å²) in [6, 6.07) is 9.53. The Hall–Kier alpha value is -1.65. The number of fused-ring (bicyclic) bond motifs is 1. The summed E-state index contributed by atoms with van der Waals surface area (Å²) in [5.41, 5.74) is 0.00940. The monoisotopic (exact) mass is 260 g/mol. The molecular formula is C15H20N2O2. The number of hydrogen-bond donors (Lipinski definition) is 2. The number of nitrogens with zero attached hydrogens (tertiary/aromatic N) is 1. The smallest absolute Gasteiger partial charge is 0.259 e. The van der Waals surface area contributed by atoms with Gasteiger partial charge in [0.05, 0.1) is 12.3 Å². The molecule has 1 aromatic carbocycles. The van der Waals surface area contributed by atoms with Crippen LogP contribution >= 0.6 is 0 Å². The number of hydrogen-bond acceptors (Lipinski definition) is 3. The number of benzene rings is 1. The van der Waals surface area contributed by atoms with Gasteiger partial charge < -0.3 is 5.11 Å². The molecule has 4 heteroatoms. The first kappa shape index (κ1) is 13.8. The zero-order chi connectivity index (χ0) is 13.8. The second-order valence-electron chi connectivity index (χ2n) is 4.88. The normalized spacial score (nSPS) is 14.5. The summed E-state index contributed by atoms with van der Waals surface area (Å²) in [5.74, 6) is 0. The molecular weight excluding hydrogens is 240 g/mol. The van der Waals surface area contributed by atoms with Gasteiger partial charge in [-0.2, -0.15) is 0 Å². The summed E-state index contributed by atoms with van der Waals surface area (Å²) in [4.78, 5) is 12.3. The number of rotatable bonds is 5. The SMILES string of the molecule is CC(NCC[C@H](C)O)n1ccc2ccccc2c1=O. The molecule has 1 heterocycles. The van der Waals surface area contributed by atoms with E-state index < -0.39 is 0 Å². The van der Waals surface area contributed by atoms with Crippen molar-refractivity contribution in [2.45, 2.75) is 32.5 Å². The molecule has 19 heavy (non-hydrogen) atoms. The van der Waals surface area contributed by atoms with Crippen LogP contribution in [0.1, 0.15) is 26.4 Å². The Morgan fingerprint density at radius 3 is 2.74 bits per heavy atom. The lowest BCUT2D eigenvalue weighted by Gasteiger charge is -2.18. The van der Waals surface area contributed by atoms with E-state index in [1.165, 1.54) is 0 Å². The molecule has 0 aliphatic carbocycles. The van der Waals surface area contributed by atoms with E-state index in [1.807, 2.05) is 43.5 Å². The highest BCUT2D eigenvalue weighted by molar-refractivity contribution is 5.81. The van der Waals surface area contributed by atoms with Crippen molar-refractivity contribution in [1.29, 1.82) is 0 Å². The van der Waals surface area contributed by atoms with Gasteiger partial charge in [0, 0.05) is 11.6 Å². The minimum atomic E-state index is -0.326. The zero-order valence-corrected chi connectivity index (χ0v) is 11.3. The van der Waals surface area contributed by atoms with E-state index in [0.717, 1.165) is 10.8 Å². The largest absolute Gasteiger partial charge is 0.393 e. The molecule has 2 aromatic rings. The van der Waals surface area contributed by atoms with Gasteiger partial charge in [0.1, 0.15) is 0 Å². The highest BCUT2D eigenvalue weighted by atomic mass is 16.3. The lowest BCUT2D eigenvalue weighted by Crippen LogP contribution is -2.33. The van der Waals surface area contributed by atoms with Crippen molar-refractivity contribution in [3.05, 3.63) is 46.9 Å². The van der Waals surface area contributed by atoms with Crippen molar-refractivity contribution in [3.8, 4) is 0 Å². The summed E-state index contributed by atoms with van der Waals surface area (Å²) < 4.78 is 1.68. The van der Waals surface area contributed by atoms with Gasteiger partial charge in [0.25, 0.3) is 5.56 Å². The maximum atomic E-state index is 12.3. The Kier molecular flexibility index (Phi) is 4.35. The van der Waals surface area contributed by atoms with Crippen LogP contribution in [0.25, 0.3) is 10.8 Å². The van der Waals surface area contributed by atoms with Gasteiger partial charge in [-0.05, 0) is 44.3 Å². The zero-order valence-electron chi connectivity index (χ0n) is 11.3. The van der Waals surface area contributed by atoms with E-state index in [9.17, 15) is 9.90 Å². The molecule has 1 unspecified atom stereocenters. The molecule has 2 rings (SSSR count). The third-order valence-corrected chi connectivity index (χ3v) is 3.26. The first-order chi connectivity index (χ1) is 9.09. The molecule has 1 aromatic heterocycles. The van der Waals surface area contributed by atoms with Crippen molar-refractivity contribution >= 4 is 10.8 Å². The molecule has 0 saturated heterocycles. The first-order valence-electron chi connectivity index (χ1n) is 6.61. The van der Waals surface area contributed by atoms with Crippen LogP contribution < -0.4 is 10.9 Å².